The molecule has 10 heteroatoms. The number of carbonyl (C=O) groups excluding carboxylic acids is 3. The van der Waals surface area contributed by atoms with Crippen LogP contribution in [0.2, 0.25) is 0 Å². The molecule has 1 aliphatic heterocycles. The van der Waals surface area contributed by atoms with Crippen molar-refractivity contribution in [2.24, 2.45) is 0 Å². The highest BCUT2D eigenvalue weighted by Crippen LogP contribution is 2.32. The lowest BCUT2D eigenvalue weighted by Crippen LogP contribution is -2.57. The number of nitrogen functional groups attached to an aromatic ring is 1. The number of aromatic nitrogens is 1. The number of likely N-dealkylation sites (tertiary alicyclic amines) is 1. The summed E-state index contributed by atoms with van der Waals surface area (Å²) in [5.74, 6) is -0.971. The summed E-state index contributed by atoms with van der Waals surface area (Å²) in [6.07, 6.45) is 2.80. The van der Waals surface area contributed by atoms with Gasteiger partial charge in [0.05, 0.1) is 5.69 Å². The van der Waals surface area contributed by atoms with Crippen LogP contribution in [-0.2, 0) is 27.2 Å². The molecular weight excluding hydrogens is 550 g/mol. The maximum Gasteiger partial charge on any atom is 0.408 e. The Morgan fingerprint density at radius 2 is 1.67 bits per heavy atom. The third-order valence-corrected chi connectivity index (χ3v) is 8.68. The number of hydrogen-bond donors (Lipinski definition) is 3. The van der Waals surface area contributed by atoms with Gasteiger partial charge in [0, 0.05) is 29.8 Å². The smallest absolute Gasteiger partial charge is 0.408 e. The number of hydrogen-bond acceptors (Lipinski definition) is 7. The molecule has 9 nitrogen and oxygen atoms in total. The highest BCUT2D eigenvalue weighted by Gasteiger charge is 2.42. The molecule has 1 aliphatic carbocycles. The average molecular weight is 590 g/mol. The predicted molar refractivity (Wildman–Crippen MR) is 163 cm³/mol. The van der Waals surface area contributed by atoms with Gasteiger partial charge in [-0.1, -0.05) is 60.7 Å². The summed E-state index contributed by atoms with van der Waals surface area (Å²) in [4.78, 5) is 48.4. The second-order valence-corrected chi connectivity index (χ2v) is 13.1. The number of amides is 3. The Labute approximate surface area is 250 Å². The number of thiazole rings is 1. The maximum atomic E-state index is 14.5. The topological polar surface area (TPSA) is 127 Å². The van der Waals surface area contributed by atoms with E-state index >= 15 is 0 Å². The molecule has 5 rings (SSSR count). The van der Waals surface area contributed by atoms with Gasteiger partial charge in [0.15, 0.2) is 5.13 Å². The van der Waals surface area contributed by atoms with Crippen LogP contribution in [-0.4, -0.2) is 58.1 Å². The van der Waals surface area contributed by atoms with Crippen LogP contribution in [0.4, 0.5) is 9.93 Å². The zero-order chi connectivity index (χ0) is 29.9. The Balaban J connectivity index is 1.41. The Hall–Kier alpha value is -3.92. The molecule has 1 saturated heterocycles. The second kappa shape index (κ2) is 12.5. The minimum absolute atomic E-state index is 0.0422. The number of alkyl carbamates (subject to hydrolysis) is 1. The normalized spacial score (nSPS) is 19.2. The molecule has 0 radical (unpaired) electrons. The van der Waals surface area contributed by atoms with Crippen molar-refractivity contribution in [1.29, 1.82) is 0 Å². The number of ether oxygens (including phenoxy) is 1. The fraction of sp³-hybridized carbons (Fsp3) is 0.438. The Morgan fingerprint density at radius 1 is 1.02 bits per heavy atom. The molecule has 0 bridgehead atoms. The van der Waals surface area contributed by atoms with Gasteiger partial charge in [-0.15, -0.1) is 11.3 Å². The van der Waals surface area contributed by atoms with Gasteiger partial charge in [-0.2, -0.15) is 0 Å². The molecule has 3 amide bonds. The summed E-state index contributed by atoms with van der Waals surface area (Å²) in [7, 11) is 0. The first-order valence-corrected chi connectivity index (χ1v) is 15.3. The number of anilines is 1. The molecule has 2 heterocycles. The van der Waals surface area contributed by atoms with E-state index < -0.39 is 29.7 Å². The molecule has 3 aromatic rings. The number of nitrogens with one attached hydrogen (secondary N) is 2. The monoisotopic (exact) mass is 589 g/mol. The first kappa shape index (κ1) is 29.6. The lowest BCUT2D eigenvalue weighted by atomic mass is 9.84. The van der Waals surface area contributed by atoms with Crippen molar-refractivity contribution in [2.45, 2.75) is 82.5 Å². The van der Waals surface area contributed by atoms with E-state index in [1.807, 2.05) is 60.7 Å². The largest absolute Gasteiger partial charge is 0.444 e. The lowest BCUT2D eigenvalue weighted by molar-refractivity contribution is -0.140. The van der Waals surface area contributed by atoms with E-state index in [0.717, 1.165) is 34.5 Å². The zero-order valence-corrected chi connectivity index (χ0v) is 25.2. The van der Waals surface area contributed by atoms with Crippen molar-refractivity contribution in [2.75, 3.05) is 12.3 Å². The van der Waals surface area contributed by atoms with Crippen LogP contribution in [0.1, 0.15) is 67.6 Å². The second-order valence-electron chi connectivity index (χ2n) is 12.0. The first-order valence-electron chi connectivity index (χ1n) is 14.5. The van der Waals surface area contributed by atoms with Gasteiger partial charge in [-0.05, 0) is 57.6 Å². The number of carbonyl (C=O) groups is 3. The van der Waals surface area contributed by atoms with Crippen LogP contribution in [0.25, 0.3) is 0 Å². The SMILES string of the molecule is CC(C)(C)OC(=O)NC(C(=O)N1CCCC1C(=O)NC1CCc2nc(N)sc2C1)C(c1ccccc1)c1ccccc1. The lowest BCUT2D eigenvalue weighted by Gasteiger charge is -2.34. The number of fused-ring (bicyclic) bond motifs is 1. The molecule has 3 unspecified atom stereocenters. The van der Waals surface area contributed by atoms with Crippen LogP contribution in [0.15, 0.2) is 60.7 Å². The Morgan fingerprint density at radius 3 is 2.29 bits per heavy atom. The molecule has 3 atom stereocenters. The minimum atomic E-state index is -0.990. The molecule has 2 aliphatic rings. The highest BCUT2D eigenvalue weighted by atomic mass is 32.1. The van der Waals surface area contributed by atoms with E-state index in [9.17, 15) is 14.4 Å². The quantitative estimate of drug-likeness (QED) is 0.375. The van der Waals surface area contributed by atoms with Gasteiger partial charge in [0.1, 0.15) is 17.7 Å². The van der Waals surface area contributed by atoms with E-state index in [-0.39, 0.29) is 17.9 Å². The van der Waals surface area contributed by atoms with E-state index in [1.54, 1.807) is 25.7 Å². The molecule has 0 spiro atoms. The highest BCUT2D eigenvalue weighted by molar-refractivity contribution is 7.15. The summed E-state index contributed by atoms with van der Waals surface area (Å²) < 4.78 is 5.60. The van der Waals surface area contributed by atoms with Crippen molar-refractivity contribution in [3.8, 4) is 0 Å². The van der Waals surface area contributed by atoms with Crippen LogP contribution in [0.3, 0.4) is 0 Å². The molecule has 2 aromatic carbocycles. The van der Waals surface area contributed by atoms with E-state index in [0.29, 0.717) is 30.9 Å². The number of benzene rings is 2. The molecule has 1 aromatic heterocycles. The number of rotatable bonds is 7. The molecule has 4 N–H and O–H groups in total. The van der Waals surface area contributed by atoms with Crippen molar-refractivity contribution in [3.05, 3.63) is 82.4 Å². The van der Waals surface area contributed by atoms with Gasteiger partial charge in [0.2, 0.25) is 11.8 Å². The van der Waals surface area contributed by atoms with Crippen molar-refractivity contribution < 1.29 is 19.1 Å². The summed E-state index contributed by atoms with van der Waals surface area (Å²) in [5.41, 5.74) is 7.92. The Kier molecular flexibility index (Phi) is 8.82. The van der Waals surface area contributed by atoms with Gasteiger partial charge >= 0.3 is 6.09 Å². The predicted octanol–water partition coefficient (Wildman–Crippen LogP) is 4.42. The Bertz CT molecular complexity index is 1370. The summed E-state index contributed by atoms with van der Waals surface area (Å²) >= 11 is 1.47. The van der Waals surface area contributed by atoms with Crippen molar-refractivity contribution in [1.82, 2.24) is 20.5 Å². The van der Waals surface area contributed by atoms with Gasteiger partial charge in [-0.3, -0.25) is 9.59 Å². The van der Waals surface area contributed by atoms with Gasteiger partial charge < -0.3 is 26.0 Å². The third kappa shape index (κ3) is 6.92. The standard InChI is InChI=1S/C32H39N5O4S/c1-32(2,3)41-31(40)36-27(26(20-11-6-4-7-12-20)21-13-8-5-9-14-21)29(39)37-18-10-15-24(37)28(38)34-22-16-17-23-25(19-22)42-30(33)35-23/h4-9,11-14,22,24,26-27H,10,15-19H2,1-3H3,(H2,33,35)(H,34,38)(H,36,40). The van der Waals surface area contributed by atoms with E-state index in [4.69, 9.17) is 10.5 Å². The van der Waals surface area contributed by atoms with E-state index in [2.05, 4.69) is 15.6 Å². The molecular formula is C32H39N5O4S. The maximum absolute atomic E-state index is 14.5. The fourth-order valence-electron chi connectivity index (χ4n) is 5.92. The van der Waals surface area contributed by atoms with Crippen LogP contribution >= 0.6 is 11.3 Å². The summed E-state index contributed by atoms with van der Waals surface area (Å²) in [6.45, 7) is 5.78. The molecule has 42 heavy (non-hydrogen) atoms. The number of nitrogens with two attached hydrogens (primary N) is 1. The van der Waals surface area contributed by atoms with Gasteiger partial charge in [-0.25, -0.2) is 9.78 Å². The zero-order valence-electron chi connectivity index (χ0n) is 24.3. The summed E-state index contributed by atoms with van der Waals surface area (Å²) in [5, 5.41) is 6.64. The first-order chi connectivity index (χ1) is 20.1. The van der Waals surface area contributed by atoms with Crippen LogP contribution in [0, 0.1) is 0 Å². The molecule has 222 valence electrons. The number of nitrogens with zero attached hydrogens (tertiary/aromatic N) is 2. The fourth-order valence-corrected chi connectivity index (χ4v) is 6.88. The minimum Gasteiger partial charge on any atom is -0.444 e. The molecule has 0 saturated carbocycles. The summed E-state index contributed by atoms with van der Waals surface area (Å²) in [6, 6.07) is 17.6. The third-order valence-electron chi connectivity index (χ3n) is 7.73. The van der Waals surface area contributed by atoms with Crippen molar-refractivity contribution in [3.63, 3.8) is 0 Å². The number of aryl methyl sites for hydroxylation is 1. The average Bonchev–Trinajstić information content (AvgIpc) is 3.58. The van der Waals surface area contributed by atoms with Crippen LogP contribution < -0.4 is 16.4 Å². The van der Waals surface area contributed by atoms with Crippen LogP contribution in [0.5, 0.6) is 0 Å². The van der Waals surface area contributed by atoms with Gasteiger partial charge in [0.25, 0.3) is 0 Å². The van der Waals surface area contributed by atoms with Crippen molar-refractivity contribution >= 4 is 34.4 Å². The van der Waals surface area contributed by atoms with E-state index in [1.165, 1.54) is 11.3 Å². The molecule has 1 fully saturated rings.